The Hall–Kier alpha value is -1.36. The summed E-state index contributed by atoms with van der Waals surface area (Å²) >= 11 is 0. The first-order valence-corrected chi connectivity index (χ1v) is 12.0. The Labute approximate surface area is 167 Å². The number of amidine groups is 1. The van der Waals surface area contributed by atoms with Crippen LogP contribution < -0.4 is 0 Å². The van der Waals surface area contributed by atoms with E-state index in [-0.39, 0.29) is 4.90 Å². The van der Waals surface area contributed by atoms with Gasteiger partial charge in [0.2, 0.25) is 0 Å². The zero-order chi connectivity index (χ0) is 20.1. The highest BCUT2D eigenvalue weighted by molar-refractivity contribution is 7.90. The fourth-order valence-electron chi connectivity index (χ4n) is 3.17. The zero-order valence-corrected chi connectivity index (χ0v) is 18.5. The third kappa shape index (κ3) is 8.91. The van der Waals surface area contributed by atoms with Crippen LogP contribution in [0.4, 0.5) is 0 Å². The first-order chi connectivity index (χ1) is 12.9. The van der Waals surface area contributed by atoms with Gasteiger partial charge in [-0.2, -0.15) is 8.42 Å². The smallest absolute Gasteiger partial charge is 0.283 e. The molecule has 5 heteroatoms. The number of nitrogens with zero attached hydrogens (tertiary/aromatic N) is 2. The fourth-order valence-corrected chi connectivity index (χ4v) is 4.24. The topological polar surface area (TPSA) is 49.7 Å². The Morgan fingerprint density at radius 2 is 1.37 bits per heavy atom. The first-order valence-electron chi connectivity index (χ1n) is 10.6. The molecule has 1 aromatic carbocycles. The van der Waals surface area contributed by atoms with Crippen molar-refractivity contribution in [2.45, 2.75) is 90.4 Å². The molecule has 0 spiro atoms. The van der Waals surface area contributed by atoms with Gasteiger partial charge >= 0.3 is 0 Å². The van der Waals surface area contributed by atoms with E-state index in [9.17, 15) is 8.42 Å². The summed E-state index contributed by atoms with van der Waals surface area (Å²) in [4.78, 5) is 2.33. The van der Waals surface area contributed by atoms with Crippen LogP contribution in [0.2, 0.25) is 0 Å². The molecule has 0 saturated carbocycles. The monoisotopic (exact) mass is 394 g/mol. The van der Waals surface area contributed by atoms with Crippen molar-refractivity contribution in [2.24, 2.45) is 4.40 Å². The second-order valence-corrected chi connectivity index (χ2v) is 8.80. The van der Waals surface area contributed by atoms with Crippen LogP contribution in [0.3, 0.4) is 0 Å². The maximum atomic E-state index is 12.7. The van der Waals surface area contributed by atoms with Gasteiger partial charge in [0.15, 0.2) is 0 Å². The summed E-state index contributed by atoms with van der Waals surface area (Å²) in [5.74, 6) is 0.701. The van der Waals surface area contributed by atoms with Crippen LogP contribution in [0.1, 0.15) is 84.1 Å². The number of sulfonamides is 1. The summed E-state index contributed by atoms with van der Waals surface area (Å²) in [7, 11) is -3.65. The third-order valence-corrected chi connectivity index (χ3v) is 6.25. The van der Waals surface area contributed by atoms with Crippen LogP contribution in [0, 0.1) is 6.92 Å². The molecule has 0 aliphatic rings. The van der Waals surface area contributed by atoms with E-state index >= 15 is 0 Å². The first kappa shape index (κ1) is 23.7. The van der Waals surface area contributed by atoms with E-state index < -0.39 is 10.0 Å². The van der Waals surface area contributed by atoms with Crippen LogP contribution >= 0.6 is 0 Å². The van der Waals surface area contributed by atoms with Crippen molar-refractivity contribution in [1.82, 2.24) is 4.90 Å². The summed E-state index contributed by atoms with van der Waals surface area (Å²) in [6.07, 6.45) is 10.6. The summed E-state index contributed by atoms with van der Waals surface area (Å²) < 4.78 is 29.6. The molecule has 0 unspecified atom stereocenters. The van der Waals surface area contributed by atoms with Crippen LogP contribution in [0.15, 0.2) is 33.6 Å². The van der Waals surface area contributed by atoms with Gasteiger partial charge in [0.25, 0.3) is 10.0 Å². The van der Waals surface area contributed by atoms with E-state index in [0.717, 1.165) is 37.9 Å². The van der Waals surface area contributed by atoms with E-state index in [1.54, 1.807) is 12.1 Å². The molecule has 154 valence electrons. The molecule has 27 heavy (non-hydrogen) atoms. The number of rotatable bonds is 13. The van der Waals surface area contributed by atoms with Crippen LogP contribution in [-0.4, -0.2) is 32.2 Å². The van der Waals surface area contributed by atoms with Gasteiger partial charge in [-0.15, -0.1) is 4.40 Å². The Balaban J connectivity index is 2.70. The standard InChI is InChI=1S/C22H38N2O2S/c1-5-8-9-10-11-12-13-14-15-22(24(6-2)7-3)23-27(25,26)21-18-16-20(4)17-19-21/h16-19H,5-15H2,1-4H3/b23-22-. The molecule has 0 aromatic heterocycles. The predicted molar refractivity (Wildman–Crippen MR) is 116 cm³/mol. The highest BCUT2D eigenvalue weighted by Gasteiger charge is 2.17. The summed E-state index contributed by atoms with van der Waals surface area (Å²) in [6, 6.07) is 6.92. The maximum Gasteiger partial charge on any atom is 0.283 e. The van der Waals surface area contributed by atoms with Crippen LogP contribution in [0.5, 0.6) is 0 Å². The average Bonchev–Trinajstić information content (AvgIpc) is 2.64. The van der Waals surface area contributed by atoms with Gasteiger partial charge in [0.05, 0.1) is 4.90 Å². The molecule has 0 saturated heterocycles. The minimum Gasteiger partial charge on any atom is -0.360 e. The second kappa shape index (κ2) is 12.9. The highest BCUT2D eigenvalue weighted by Crippen LogP contribution is 2.16. The molecule has 0 aliphatic carbocycles. The predicted octanol–water partition coefficient (Wildman–Crippen LogP) is 5.95. The number of aryl methyl sites for hydroxylation is 1. The van der Waals surface area contributed by atoms with Gasteiger partial charge in [0.1, 0.15) is 5.84 Å². The van der Waals surface area contributed by atoms with Crippen molar-refractivity contribution in [3.8, 4) is 0 Å². The van der Waals surface area contributed by atoms with Gasteiger partial charge in [-0.25, -0.2) is 0 Å². The second-order valence-electron chi connectivity index (χ2n) is 7.19. The van der Waals surface area contributed by atoms with E-state index in [1.165, 1.54) is 38.5 Å². The molecule has 0 amide bonds. The molecule has 0 atom stereocenters. The molecule has 0 fully saturated rings. The van der Waals surface area contributed by atoms with Gasteiger partial charge in [-0.3, -0.25) is 0 Å². The van der Waals surface area contributed by atoms with Crippen molar-refractivity contribution in [1.29, 1.82) is 0 Å². The van der Waals surface area contributed by atoms with E-state index in [0.29, 0.717) is 5.84 Å². The fraction of sp³-hybridized carbons (Fsp3) is 0.682. The van der Waals surface area contributed by atoms with Crippen molar-refractivity contribution in [2.75, 3.05) is 13.1 Å². The maximum absolute atomic E-state index is 12.7. The van der Waals surface area contributed by atoms with E-state index in [2.05, 4.69) is 16.2 Å². The molecule has 0 heterocycles. The van der Waals surface area contributed by atoms with Gasteiger partial charge in [-0.1, -0.05) is 69.6 Å². The summed E-state index contributed by atoms with van der Waals surface area (Å²) in [5.41, 5.74) is 1.04. The molecule has 4 nitrogen and oxygen atoms in total. The SMILES string of the molecule is CCCCCCCCCC/C(=N/S(=O)(=O)c1ccc(C)cc1)N(CC)CC. The van der Waals surface area contributed by atoms with Gasteiger partial charge in [-0.05, 0) is 39.3 Å². The molecule has 0 N–H and O–H groups in total. The lowest BCUT2D eigenvalue weighted by molar-refractivity contribution is 0.451. The molecule has 1 rings (SSSR count). The Kier molecular flexibility index (Phi) is 11.3. The number of unbranched alkanes of at least 4 members (excludes halogenated alkanes) is 7. The summed E-state index contributed by atoms with van der Waals surface area (Å²) in [6.45, 7) is 9.82. The van der Waals surface area contributed by atoms with E-state index in [1.807, 2.05) is 32.9 Å². The van der Waals surface area contributed by atoms with Crippen molar-refractivity contribution in [3.05, 3.63) is 29.8 Å². The third-order valence-electron chi connectivity index (χ3n) is 4.93. The largest absolute Gasteiger partial charge is 0.360 e. The Morgan fingerprint density at radius 3 is 1.89 bits per heavy atom. The van der Waals surface area contributed by atoms with Gasteiger partial charge in [0, 0.05) is 19.5 Å². The minimum atomic E-state index is -3.65. The lowest BCUT2D eigenvalue weighted by Crippen LogP contribution is -2.31. The van der Waals surface area contributed by atoms with Crippen LogP contribution in [-0.2, 0) is 10.0 Å². The van der Waals surface area contributed by atoms with Crippen molar-refractivity contribution >= 4 is 15.9 Å². The number of benzene rings is 1. The lowest BCUT2D eigenvalue weighted by atomic mass is 10.1. The van der Waals surface area contributed by atoms with Crippen molar-refractivity contribution in [3.63, 3.8) is 0 Å². The molecular weight excluding hydrogens is 356 g/mol. The van der Waals surface area contributed by atoms with Gasteiger partial charge < -0.3 is 4.90 Å². The normalized spacial score (nSPS) is 12.4. The summed E-state index contributed by atoms with van der Waals surface area (Å²) in [5, 5.41) is 0. The number of hydrogen-bond donors (Lipinski definition) is 0. The lowest BCUT2D eigenvalue weighted by Gasteiger charge is -2.23. The molecule has 0 bridgehead atoms. The number of hydrogen-bond acceptors (Lipinski definition) is 2. The zero-order valence-electron chi connectivity index (χ0n) is 17.7. The van der Waals surface area contributed by atoms with Crippen LogP contribution in [0.25, 0.3) is 0 Å². The highest BCUT2D eigenvalue weighted by atomic mass is 32.2. The quantitative estimate of drug-likeness (QED) is 0.236. The average molecular weight is 395 g/mol. The Bertz CT molecular complexity index is 647. The molecule has 0 radical (unpaired) electrons. The van der Waals surface area contributed by atoms with E-state index in [4.69, 9.17) is 0 Å². The molecule has 1 aromatic rings. The van der Waals surface area contributed by atoms with Crippen molar-refractivity contribution < 1.29 is 8.42 Å². The molecule has 0 aliphatic heterocycles. The minimum absolute atomic E-state index is 0.272. The Morgan fingerprint density at radius 1 is 0.852 bits per heavy atom. The molecular formula is C22H38N2O2S.